The second-order valence-corrected chi connectivity index (χ2v) is 6.95. The molecule has 0 saturated carbocycles. The maximum absolute atomic E-state index is 12.3. The molecule has 0 fully saturated rings. The summed E-state index contributed by atoms with van der Waals surface area (Å²) in [6.45, 7) is 6.91. The number of carbonyl (C=O) groups excluding carboxylic acids is 1. The third-order valence-corrected chi connectivity index (χ3v) is 4.90. The van der Waals surface area contributed by atoms with Crippen molar-refractivity contribution in [3.8, 4) is 5.69 Å². The van der Waals surface area contributed by atoms with E-state index in [2.05, 4.69) is 25.7 Å². The van der Waals surface area contributed by atoms with Gasteiger partial charge in [0, 0.05) is 41.8 Å². The minimum Gasteiger partial charge on any atom is -0.367 e. The van der Waals surface area contributed by atoms with Gasteiger partial charge in [0.1, 0.15) is 5.82 Å². The number of carbonyl (C=O) groups is 1. The number of aryl methyl sites for hydroxylation is 2. The first kappa shape index (κ1) is 19.8. The average molecular weight is 399 g/mol. The standard InChI is InChI=1S/C20H23ClN6O/c1-13-4-5-16(10-18(13)21)27-15(3)17(14(2)26-27)11-20(28)25-9-8-24-19-12-22-6-7-23-19/h4-7,10,12H,8-9,11H2,1-3H3,(H,23,24)(H,25,28). The van der Waals surface area contributed by atoms with Crippen molar-refractivity contribution in [3.05, 3.63) is 64.3 Å². The molecule has 0 saturated heterocycles. The monoisotopic (exact) mass is 398 g/mol. The summed E-state index contributed by atoms with van der Waals surface area (Å²) in [5.41, 5.74) is 4.60. The molecule has 3 aromatic rings. The molecule has 28 heavy (non-hydrogen) atoms. The second kappa shape index (κ2) is 8.84. The molecule has 0 unspecified atom stereocenters. The zero-order chi connectivity index (χ0) is 20.1. The van der Waals surface area contributed by atoms with Gasteiger partial charge in [-0.15, -0.1) is 0 Å². The van der Waals surface area contributed by atoms with Crippen LogP contribution >= 0.6 is 11.6 Å². The minimum absolute atomic E-state index is 0.0476. The number of nitrogens with zero attached hydrogens (tertiary/aromatic N) is 4. The molecular formula is C20H23ClN6O. The molecule has 0 aliphatic rings. The van der Waals surface area contributed by atoms with Gasteiger partial charge in [0.05, 0.1) is 24.0 Å². The van der Waals surface area contributed by atoms with Crippen molar-refractivity contribution in [2.75, 3.05) is 18.4 Å². The van der Waals surface area contributed by atoms with E-state index in [1.807, 2.05) is 43.7 Å². The summed E-state index contributed by atoms with van der Waals surface area (Å²) >= 11 is 6.24. The molecule has 3 rings (SSSR count). The number of amides is 1. The summed E-state index contributed by atoms with van der Waals surface area (Å²) in [5.74, 6) is 0.634. The lowest BCUT2D eigenvalue weighted by Gasteiger charge is -2.08. The summed E-state index contributed by atoms with van der Waals surface area (Å²) in [6.07, 6.45) is 5.15. The van der Waals surface area contributed by atoms with Crippen LogP contribution in [0.1, 0.15) is 22.5 Å². The van der Waals surface area contributed by atoms with Gasteiger partial charge in [-0.25, -0.2) is 9.67 Å². The molecule has 2 heterocycles. The van der Waals surface area contributed by atoms with Crippen molar-refractivity contribution < 1.29 is 4.79 Å². The minimum atomic E-state index is -0.0476. The fourth-order valence-corrected chi connectivity index (χ4v) is 3.08. The quantitative estimate of drug-likeness (QED) is 0.597. The SMILES string of the molecule is Cc1ccc(-n2nc(C)c(CC(=O)NCCNc3cnccn3)c2C)cc1Cl. The predicted octanol–water partition coefficient (Wildman–Crippen LogP) is 3.01. The van der Waals surface area contributed by atoms with Gasteiger partial charge in [-0.05, 0) is 38.5 Å². The largest absolute Gasteiger partial charge is 0.367 e. The Morgan fingerprint density at radius 3 is 2.71 bits per heavy atom. The zero-order valence-corrected chi connectivity index (χ0v) is 16.9. The topological polar surface area (TPSA) is 84.7 Å². The van der Waals surface area contributed by atoms with Crippen LogP contribution in [0.5, 0.6) is 0 Å². The van der Waals surface area contributed by atoms with Crippen LogP contribution in [-0.4, -0.2) is 38.7 Å². The van der Waals surface area contributed by atoms with Crippen LogP contribution in [0.25, 0.3) is 5.69 Å². The molecule has 0 bridgehead atoms. The van der Waals surface area contributed by atoms with Gasteiger partial charge in [0.2, 0.25) is 5.91 Å². The summed E-state index contributed by atoms with van der Waals surface area (Å²) in [7, 11) is 0. The van der Waals surface area contributed by atoms with Crippen LogP contribution in [0, 0.1) is 20.8 Å². The molecular weight excluding hydrogens is 376 g/mol. The lowest BCUT2D eigenvalue weighted by Crippen LogP contribution is -2.30. The summed E-state index contributed by atoms with van der Waals surface area (Å²) in [6, 6.07) is 5.82. The lowest BCUT2D eigenvalue weighted by molar-refractivity contribution is -0.120. The zero-order valence-electron chi connectivity index (χ0n) is 16.2. The van der Waals surface area contributed by atoms with E-state index in [1.165, 1.54) is 0 Å². The highest BCUT2D eigenvalue weighted by Crippen LogP contribution is 2.23. The normalized spacial score (nSPS) is 10.7. The highest BCUT2D eigenvalue weighted by Gasteiger charge is 2.16. The Kier molecular flexibility index (Phi) is 6.26. The summed E-state index contributed by atoms with van der Waals surface area (Å²) in [4.78, 5) is 20.5. The molecule has 1 amide bonds. The van der Waals surface area contributed by atoms with Crippen molar-refractivity contribution in [3.63, 3.8) is 0 Å². The molecule has 146 valence electrons. The Morgan fingerprint density at radius 2 is 2.00 bits per heavy atom. The smallest absolute Gasteiger partial charge is 0.224 e. The van der Waals surface area contributed by atoms with E-state index in [1.54, 1.807) is 18.6 Å². The van der Waals surface area contributed by atoms with Gasteiger partial charge in [-0.2, -0.15) is 5.10 Å². The molecule has 0 radical (unpaired) electrons. The van der Waals surface area contributed by atoms with Crippen molar-refractivity contribution in [1.29, 1.82) is 0 Å². The first-order valence-corrected chi connectivity index (χ1v) is 9.41. The Bertz CT molecular complexity index is 970. The first-order valence-electron chi connectivity index (χ1n) is 9.04. The van der Waals surface area contributed by atoms with Crippen LogP contribution in [0.3, 0.4) is 0 Å². The lowest BCUT2D eigenvalue weighted by atomic mass is 10.1. The van der Waals surface area contributed by atoms with E-state index in [4.69, 9.17) is 11.6 Å². The van der Waals surface area contributed by atoms with E-state index in [-0.39, 0.29) is 12.3 Å². The Balaban J connectivity index is 1.60. The highest BCUT2D eigenvalue weighted by atomic mass is 35.5. The van der Waals surface area contributed by atoms with Crippen molar-refractivity contribution in [2.24, 2.45) is 0 Å². The third-order valence-electron chi connectivity index (χ3n) is 4.49. The number of halogens is 1. The number of benzene rings is 1. The van der Waals surface area contributed by atoms with Crippen LogP contribution < -0.4 is 10.6 Å². The number of rotatable bonds is 7. The molecule has 1 aromatic carbocycles. The molecule has 0 aliphatic carbocycles. The van der Waals surface area contributed by atoms with E-state index in [9.17, 15) is 4.79 Å². The van der Waals surface area contributed by atoms with E-state index in [0.717, 1.165) is 28.2 Å². The molecule has 7 nitrogen and oxygen atoms in total. The van der Waals surface area contributed by atoms with Crippen LogP contribution in [0.15, 0.2) is 36.8 Å². The first-order chi connectivity index (χ1) is 13.5. The maximum atomic E-state index is 12.3. The summed E-state index contributed by atoms with van der Waals surface area (Å²) in [5, 5.41) is 11.3. The predicted molar refractivity (Wildman–Crippen MR) is 110 cm³/mol. The van der Waals surface area contributed by atoms with Crippen LogP contribution in [0.2, 0.25) is 5.02 Å². The fourth-order valence-electron chi connectivity index (χ4n) is 2.90. The maximum Gasteiger partial charge on any atom is 0.224 e. The van der Waals surface area contributed by atoms with Gasteiger partial charge in [0.25, 0.3) is 0 Å². The van der Waals surface area contributed by atoms with Gasteiger partial charge < -0.3 is 10.6 Å². The van der Waals surface area contributed by atoms with Gasteiger partial charge in [-0.3, -0.25) is 9.78 Å². The Hall–Kier alpha value is -2.93. The molecule has 2 aromatic heterocycles. The molecule has 0 spiro atoms. The molecule has 8 heteroatoms. The van der Waals surface area contributed by atoms with Crippen molar-refractivity contribution in [1.82, 2.24) is 25.1 Å². The van der Waals surface area contributed by atoms with Gasteiger partial charge in [-0.1, -0.05) is 17.7 Å². The average Bonchev–Trinajstić information content (AvgIpc) is 2.96. The van der Waals surface area contributed by atoms with Crippen molar-refractivity contribution >= 4 is 23.3 Å². The Labute approximate surface area is 169 Å². The highest BCUT2D eigenvalue weighted by molar-refractivity contribution is 6.31. The number of anilines is 1. The number of nitrogens with one attached hydrogen (secondary N) is 2. The number of aromatic nitrogens is 4. The molecule has 2 N–H and O–H groups in total. The van der Waals surface area contributed by atoms with Crippen LogP contribution in [0.4, 0.5) is 5.82 Å². The fraction of sp³-hybridized carbons (Fsp3) is 0.300. The van der Waals surface area contributed by atoms with Gasteiger partial charge >= 0.3 is 0 Å². The van der Waals surface area contributed by atoms with E-state index >= 15 is 0 Å². The second-order valence-electron chi connectivity index (χ2n) is 6.54. The van der Waals surface area contributed by atoms with Crippen molar-refractivity contribution in [2.45, 2.75) is 27.2 Å². The number of hydrogen-bond donors (Lipinski definition) is 2. The molecule has 0 aliphatic heterocycles. The van der Waals surface area contributed by atoms with Crippen LogP contribution in [-0.2, 0) is 11.2 Å². The third kappa shape index (κ3) is 4.67. The van der Waals surface area contributed by atoms with E-state index < -0.39 is 0 Å². The molecule has 0 atom stereocenters. The summed E-state index contributed by atoms with van der Waals surface area (Å²) < 4.78 is 1.83. The van der Waals surface area contributed by atoms with E-state index in [0.29, 0.717) is 23.9 Å². The number of hydrogen-bond acceptors (Lipinski definition) is 5. The van der Waals surface area contributed by atoms with Gasteiger partial charge in [0.15, 0.2) is 0 Å². The Morgan fingerprint density at radius 1 is 1.18 bits per heavy atom.